The molecule has 4 rings (SSSR count). The van der Waals surface area contributed by atoms with Crippen molar-refractivity contribution in [1.82, 2.24) is 25.0 Å². The maximum atomic E-state index is 14.1. The average Bonchev–Trinajstić information content (AvgIpc) is 3.30. The van der Waals surface area contributed by atoms with Gasteiger partial charge in [0.2, 0.25) is 5.91 Å². The van der Waals surface area contributed by atoms with Crippen molar-refractivity contribution in [2.75, 3.05) is 19.8 Å². The molecule has 1 aromatic carbocycles. The van der Waals surface area contributed by atoms with Crippen molar-refractivity contribution in [1.29, 1.82) is 0 Å². The third kappa shape index (κ3) is 3.92. The number of carbonyl (C=O) groups excluding carboxylic acids is 1. The molecule has 10 heteroatoms. The van der Waals surface area contributed by atoms with E-state index < -0.39 is 5.91 Å². The molecule has 3 N–H and O–H groups in total. The molecule has 1 fully saturated rings. The molecule has 1 aliphatic heterocycles. The number of aromatic nitrogens is 5. The molecule has 146 valence electrons. The summed E-state index contributed by atoms with van der Waals surface area (Å²) in [6, 6.07) is 8.06. The Kier molecular flexibility index (Phi) is 5.13. The Morgan fingerprint density at radius 1 is 1.36 bits per heavy atom. The lowest BCUT2D eigenvalue weighted by Gasteiger charge is -2.23. The quantitative estimate of drug-likeness (QED) is 0.650. The number of halogens is 1. The summed E-state index contributed by atoms with van der Waals surface area (Å²) in [6.07, 6.45) is -0.277. The molecular formula is C18H19FN6O3. The highest BCUT2D eigenvalue weighted by Crippen LogP contribution is 2.25. The minimum absolute atomic E-state index is 0.0870. The highest BCUT2D eigenvalue weighted by Gasteiger charge is 2.21. The summed E-state index contributed by atoms with van der Waals surface area (Å²) in [7, 11) is 0. The highest BCUT2D eigenvalue weighted by atomic mass is 19.1. The molecule has 0 spiro atoms. The summed E-state index contributed by atoms with van der Waals surface area (Å²) in [5, 5.41) is 11.4. The zero-order valence-electron chi connectivity index (χ0n) is 15.0. The highest BCUT2D eigenvalue weighted by molar-refractivity contribution is 5.75. The Balaban J connectivity index is 1.66. The maximum absolute atomic E-state index is 14.1. The standard InChI is InChI=1S/C18H19FN6O3/c19-13-4-2-1-3-12(13)14-7-15(23-22-14)18-21-17(8-16(20)26)24-25(18)9-11-10-27-5-6-28-11/h1-4,7,11H,5-6,8-10H2,(H2,20,26)(H,22,23). The van der Waals surface area contributed by atoms with Crippen molar-refractivity contribution in [3.63, 3.8) is 0 Å². The zero-order chi connectivity index (χ0) is 19.5. The Labute approximate surface area is 159 Å². The summed E-state index contributed by atoms with van der Waals surface area (Å²) in [6.45, 7) is 1.88. The molecule has 0 radical (unpaired) electrons. The minimum atomic E-state index is -0.530. The van der Waals surface area contributed by atoms with E-state index in [9.17, 15) is 9.18 Å². The number of carbonyl (C=O) groups is 1. The van der Waals surface area contributed by atoms with Gasteiger partial charge < -0.3 is 15.2 Å². The van der Waals surface area contributed by atoms with Crippen molar-refractivity contribution in [3.8, 4) is 22.8 Å². The number of aromatic amines is 1. The molecule has 2 aromatic heterocycles. The van der Waals surface area contributed by atoms with Crippen LogP contribution in [0, 0.1) is 5.82 Å². The number of benzene rings is 1. The normalized spacial score (nSPS) is 17.0. The van der Waals surface area contributed by atoms with E-state index in [1.54, 1.807) is 28.9 Å². The summed E-state index contributed by atoms with van der Waals surface area (Å²) in [5.74, 6) is -0.149. The summed E-state index contributed by atoms with van der Waals surface area (Å²) < 4.78 is 26.8. The molecule has 0 bridgehead atoms. The third-order valence-corrected chi connectivity index (χ3v) is 4.28. The fourth-order valence-electron chi connectivity index (χ4n) is 3.02. The van der Waals surface area contributed by atoms with Gasteiger partial charge in [-0.05, 0) is 18.2 Å². The van der Waals surface area contributed by atoms with Crippen LogP contribution in [0.25, 0.3) is 22.8 Å². The largest absolute Gasteiger partial charge is 0.376 e. The molecule has 1 aliphatic rings. The van der Waals surface area contributed by atoms with Crippen LogP contribution in [0.5, 0.6) is 0 Å². The van der Waals surface area contributed by atoms with Gasteiger partial charge in [-0.15, -0.1) is 0 Å². The first-order valence-electron chi connectivity index (χ1n) is 8.82. The van der Waals surface area contributed by atoms with Crippen LogP contribution in [-0.4, -0.2) is 56.8 Å². The lowest BCUT2D eigenvalue weighted by Crippen LogP contribution is -2.32. The number of hydrogen-bond acceptors (Lipinski definition) is 6. The van der Waals surface area contributed by atoms with E-state index in [4.69, 9.17) is 15.2 Å². The molecule has 1 amide bonds. The van der Waals surface area contributed by atoms with E-state index in [-0.39, 0.29) is 18.3 Å². The topological polar surface area (TPSA) is 121 Å². The smallest absolute Gasteiger partial charge is 0.225 e. The fraction of sp³-hybridized carbons (Fsp3) is 0.333. The lowest BCUT2D eigenvalue weighted by molar-refractivity contribution is -0.117. The van der Waals surface area contributed by atoms with Gasteiger partial charge >= 0.3 is 0 Å². The Hall–Kier alpha value is -3.11. The van der Waals surface area contributed by atoms with Gasteiger partial charge in [-0.25, -0.2) is 14.1 Å². The molecule has 1 unspecified atom stereocenters. The van der Waals surface area contributed by atoms with Crippen LogP contribution in [0.15, 0.2) is 30.3 Å². The summed E-state index contributed by atoms with van der Waals surface area (Å²) in [4.78, 5) is 15.7. The van der Waals surface area contributed by atoms with Gasteiger partial charge in [-0.1, -0.05) is 12.1 Å². The second-order valence-electron chi connectivity index (χ2n) is 6.39. The number of nitrogens with one attached hydrogen (secondary N) is 1. The molecule has 3 aromatic rings. The molecule has 9 nitrogen and oxygen atoms in total. The maximum Gasteiger partial charge on any atom is 0.225 e. The first-order valence-corrected chi connectivity index (χ1v) is 8.82. The summed E-state index contributed by atoms with van der Waals surface area (Å²) >= 11 is 0. The van der Waals surface area contributed by atoms with Crippen molar-refractivity contribution in [2.24, 2.45) is 5.73 Å². The van der Waals surface area contributed by atoms with E-state index in [0.717, 1.165) is 0 Å². The monoisotopic (exact) mass is 386 g/mol. The Morgan fingerprint density at radius 2 is 2.21 bits per heavy atom. The Morgan fingerprint density at radius 3 is 2.96 bits per heavy atom. The van der Waals surface area contributed by atoms with Crippen LogP contribution in [0.4, 0.5) is 4.39 Å². The molecule has 28 heavy (non-hydrogen) atoms. The van der Waals surface area contributed by atoms with E-state index in [1.165, 1.54) is 6.07 Å². The number of rotatable bonds is 6. The number of amides is 1. The van der Waals surface area contributed by atoms with Crippen LogP contribution in [0.3, 0.4) is 0 Å². The fourth-order valence-corrected chi connectivity index (χ4v) is 3.02. The van der Waals surface area contributed by atoms with Gasteiger partial charge in [0.25, 0.3) is 0 Å². The van der Waals surface area contributed by atoms with Gasteiger partial charge in [0.05, 0.1) is 38.5 Å². The van der Waals surface area contributed by atoms with Crippen molar-refractivity contribution >= 4 is 5.91 Å². The van der Waals surface area contributed by atoms with E-state index in [2.05, 4.69) is 20.3 Å². The van der Waals surface area contributed by atoms with Gasteiger partial charge in [0.1, 0.15) is 17.6 Å². The zero-order valence-corrected chi connectivity index (χ0v) is 15.0. The van der Waals surface area contributed by atoms with Gasteiger partial charge in [0.15, 0.2) is 11.6 Å². The first-order chi connectivity index (χ1) is 13.6. The molecule has 1 saturated heterocycles. The number of primary amides is 1. The SMILES string of the molecule is NC(=O)Cc1nc(-c2cc(-c3ccccc3F)n[nH]2)n(CC2COCCO2)n1. The average molecular weight is 386 g/mol. The van der Waals surface area contributed by atoms with Crippen LogP contribution in [-0.2, 0) is 27.2 Å². The van der Waals surface area contributed by atoms with Gasteiger partial charge in [-0.2, -0.15) is 10.2 Å². The molecule has 3 heterocycles. The molecule has 0 aliphatic carbocycles. The number of nitrogens with zero attached hydrogens (tertiary/aromatic N) is 4. The minimum Gasteiger partial charge on any atom is -0.376 e. The van der Waals surface area contributed by atoms with E-state index in [1.807, 2.05) is 0 Å². The number of hydrogen-bond donors (Lipinski definition) is 2. The van der Waals surface area contributed by atoms with Crippen LogP contribution >= 0.6 is 0 Å². The molecular weight excluding hydrogens is 367 g/mol. The van der Waals surface area contributed by atoms with E-state index in [0.29, 0.717) is 55.0 Å². The molecule has 1 atom stereocenters. The number of nitrogens with two attached hydrogens (primary N) is 1. The number of H-pyrrole nitrogens is 1. The van der Waals surface area contributed by atoms with Gasteiger partial charge in [0, 0.05) is 5.56 Å². The first kappa shape index (κ1) is 18.3. The lowest BCUT2D eigenvalue weighted by atomic mass is 10.1. The summed E-state index contributed by atoms with van der Waals surface area (Å²) in [5.41, 5.74) is 6.62. The third-order valence-electron chi connectivity index (χ3n) is 4.28. The van der Waals surface area contributed by atoms with Crippen LogP contribution < -0.4 is 5.73 Å². The predicted molar refractivity (Wildman–Crippen MR) is 96.5 cm³/mol. The second kappa shape index (κ2) is 7.87. The van der Waals surface area contributed by atoms with Crippen molar-refractivity contribution in [3.05, 3.63) is 42.0 Å². The van der Waals surface area contributed by atoms with Crippen molar-refractivity contribution in [2.45, 2.75) is 19.1 Å². The Bertz CT molecular complexity index is 979. The molecule has 0 saturated carbocycles. The van der Waals surface area contributed by atoms with Gasteiger partial charge in [-0.3, -0.25) is 9.89 Å². The predicted octanol–water partition coefficient (Wildman–Crippen LogP) is 0.917. The van der Waals surface area contributed by atoms with Crippen LogP contribution in [0.1, 0.15) is 5.82 Å². The van der Waals surface area contributed by atoms with Crippen LogP contribution in [0.2, 0.25) is 0 Å². The number of ether oxygens (including phenoxy) is 2. The van der Waals surface area contributed by atoms with E-state index >= 15 is 0 Å². The van der Waals surface area contributed by atoms with Crippen molar-refractivity contribution < 1.29 is 18.7 Å². The second-order valence-corrected chi connectivity index (χ2v) is 6.39.